The molecule has 2 aromatic heterocycles. The summed E-state index contributed by atoms with van der Waals surface area (Å²) in [6.45, 7) is 6.08. The van der Waals surface area contributed by atoms with Crippen molar-refractivity contribution in [3.05, 3.63) is 46.6 Å². The monoisotopic (exact) mass is 427 g/mol. The van der Waals surface area contributed by atoms with Gasteiger partial charge in [0.05, 0.1) is 5.69 Å². The van der Waals surface area contributed by atoms with Crippen molar-refractivity contribution in [3.63, 3.8) is 0 Å². The highest BCUT2D eigenvalue weighted by Gasteiger charge is 2.36. The Bertz CT molecular complexity index is 1160. The minimum absolute atomic E-state index is 0.110. The Morgan fingerprint density at radius 2 is 2.10 bits per heavy atom. The first-order valence-corrected chi connectivity index (χ1v) is 11.1. The number of rotatable bonds is 7. The average Bonchev–Trinajstić information content (AvgIpc) is 3.43. The average molecular weight is 428 g/mol. The number of nitrogens with zero attached hydrogens (tertiary/aromatic N) is 3. The number of benzene rings is 1. The van der Waals surface area contributed by atoms with Crippen LogP contribution >= 0.6 is 11.9 Å². The number of nitrogen functional groups attached to an aromatic ring is 1. The molecule has 0 atom stereocenters. The van der Waals surface area contributed by atoms with E-state index in [4.69, 9.17) is 5.73 Å². The zero-order valence-corrected chi connectivity index (χ0v) is 18.2. The highest BCUT2D eigenvalue weighted by atomic mass is 32.2. The van der Waals surface area contributed by atoms with Crippen LogP contribution in [0.15, 0.2) is 35.3 Å². The molecule has 3 N–H and O–H groups in total. The third kappa shape index (κ3) is 4.14. The lowest BCUT2D eigenvalue weighted by atomic mass is 10.0. The van der Waals surface area contributed by atoms with Crippen molar-refractivity contribution in [1.29, 1.82) is 0 Å². The van der Waals surface area contributed by atoms with Gasteiger partial charge < -0.3 is 10.5 Å². The molecule has 158 valence electrons. The number of aromatic nitrogens is 3. The Hall–Kier alpha value is -2.61. The van der Waals surface area contributed by atoms with Crippen molar-refractivity contribution in [2.45, 2.75) is 46.1 Å². The fourth-order valence-electron chi connectivity index (χ4n) is 3.47. The quantitative estimate of drug-likeness (QED) is 0.407. The molecule has 0 amide bonds. The molecule has 1 aliphatic carbocycles. The summed E-state index contributed by atoms with van der Waals surface area (Å²) in [7, 11) is 0. The van der Waals surface area contributed by atoms with Crippen LogP contribution in [0.5, 0.6) is 0 Å². The number of fused-ring (bicyclic) bond motifs is 1. The molecule has 0 saturated heterocycles. The van der Waals surface area contributed by atoms with Crippen molar-refractivity contribution in [2.24, 2.45) is 5.41 Å². The van der Waals surface area contributed by atoms with Crippen molar-refractivity contribution in [1.82, 2.24) is 14.5 Å². The van der Waals surface area contributed by atoms with E-state index in [1.165, 1.54) is 30.9 Å². The van der Waals surface area contributed by atoms with Crippen molar-refractivity contribution < 1.29 is 4.39 Å². The molecule has 0 unspecified atom stereocenters. The van der Waals surface area contributed by atoms with Gasteiger partial charge in [0, 0.05) is 28.9 Å². The van der Waals surface area contributed by atoms with Crippen LogP contribution in [0, 0.1) is 11.2 Å². The van der Waals surface area contributed by atoms with Crippen LogP contribution in [0.4, 0.5) is 16.0 Å². The van der Waals surface area contributed by atoms with E-state index in [1.54, 1.807) is 29.0 Å². The van der Waals surface area contributed by atoms with Crippen LogP contribution in [-0.2, 0) is 0 Å². The topological polar surface area (TPSA) is 85.8 Å². The van der Waals surface area contributed by atoms with Crippen LogP contribution in [0.25, 0.3) is 22.2 Å². The molecular formula is C22H26FN5OS. The molecule has 6 nitrogen and oxygen atoms in total. The van der Waals surface area contributed by atoms with Crippen LogP contribution in [0.1, 0.15) is 46.1 Å². The first kappa shape index (κ1) is 20.7. The van der Waals surface area contributed by atoms with Gasteiger partial charge in [-0.05, 0) is 62.3 Å². The van der Waals surface area contributed by atoms with Gasteiger partial charge in [-0.1, -0.05) is 24.9 Å². The molecule has 8 heteroatoms. The van der Waals surface area contributed by atoms with Gasteiger partial charge in [0.1, 0.15) is 11.5 Å². The van der Waals surface area contributed by atoms with E-state index in [-0.39, 0.29) is 23.4 Å². The number of nitrogens with one attached hydrogen (secondary N) is 1. The second kappa shape index (κ2) is 7.91. The lowest BCUT2D eigenvalue weighted by Crippen LogP contribution is -2.25. The Labute approximate surface area is 179 Å². The van der Waals surface area contributed by atoms with Gasteiger partial charge >= 0.3 is 0 Å². The molecule has 2 heterocycles. The third-order valence-corrected chi connectivity index (χ3v) is 6.45. The lowest BCUT2D eigenvalue weighted by Gasteiger charge is -2.16. The Kier molecular flexibility index (Phi) is 5.44. The summed E-state index contributed by atoms with van der Waals surface area (Å²) in [6.07, 6.45) is 5.29. The maximum atomic E-state index is 14.7. The van der Waals surface area contributed by atoms with E-state index < -0.39 is 0 Å². The highest BCUT2D eigenvalue weighted by Crippen LogP contribution is 2.48. The summed E-state index contributed by atoms with van der Waals surface area (Å²) in [5.41, 5.74) is 7.79. The van der Waals surface area contributed by atoms with Crippen LogP contribution in [0.3, 0.4) is 0 Å². The molecule has 1 aromatic carbocycles. The summed E-state index contributed by atoms with van der Waals surface area (Å²) in [5.74, 6) is 0.658. The molecule has 4 rings (SSSR count). The summed E-state index contributed by atoms with van der Waals surface area (Å²) in [4.78, 5) is 21.4. The van der Waals surface area contributed by atoms with Gasteiger partial charge in [-0.2, -0.15) is 4.98 Å². The summed E-state index contributed by atoms with van der Waals surface area (Å²) in [5, 5.41) is 0.680. The summed E-state index contributed by atoms with van der Waals surface area (Å²) in [6, 6.07) is 6.41. The largest absolute Gasteiger partial charge is 0.368 e. The van der Waals surface area contributed by atoms with E-state index in [2.05, 4.69) is 21.6 Å². The van der Waals surface area contributed by atoms with Crippen LogP contribution in [0.2, 0.25) is 0 Å². The second-order valence-corrected chi connectivity index (χ2v) is 9.44. The molecule has 0 aliphatic heterocycles. The molecule has 0 radical (unpaired) electrons. The number of nitrogens with two attached hydrogens (primary N) is 1. The molecule has 0 spiro atoms. The smallest absolute Gasteiger partial charge is 0.260 e. The number of halogens is 1. The maximum Gasteiger partial charge on any atom is 0.260 e. The first-order valence-electron chi connectivity index (χ1n) is 10.1. The predicted octanol–water partition coefficient (Wildman–Crippen LogP) is 5.01. The zero-order chi connectivity index (χ0) is 21.5. The lowest BCUT2D eigenvalue weighted by molar-refractivity contribution is 0.556. The molecule has 30 heavy (non-hydrogen) atoms. The Morgan fingerprint density at radius 1 is 1.33 bits per heavy atom. The molecular weight excluding hydrogens is 401 g/mol. The minimum atomic E-state index is -0.387. The number of hydrogen-bond donors (Lipinski definition) is 2. The third-order valence-electron chi connectivity index (χ3n) is 5.68. The van der Waals surface area contributed by atoms with E-state index >= 15 is 0 Å². The Balaban J connectivity index is 1.63. The highest BCUT2D eigenvalue weighted by molar-refractivity contribution is 8.00. The molecule has 1 aliphatic rings. The van der Waals surface area contributed by atoms with E-state index in [0.29, 0.717) is 33.3 Å². The standard InChI is InChI=1S/C22H26FN5OS/c1-13(2)28-19-15(12-25-21(24)26-19)10-16(20(28)29)14-4-5-18(17(23)11-14)27-30-9-8-22(3)6-7-22/h4-5,10-13,27H,6-9H2,1-3H3,(H2,24,25,26). The van der Waals surface area contributed by atoms with Crippen LogP contribution in [-0.4, -0.2) is 20.3 Å². The molecule has 0 bridgehead atoms. The van der Waals surface area contributed by atoms with E-state index in [1.807, 2.05) is 13.8 Å². The SMILES string of the molecule is CC(C)n1c(=O)c(-c2ccc(NSCCC3(C)CC3)c(F)c2)cc2cnc(N)nc21. The van der Waals surface area contributed by atoms with Gasteiger partial charge in [-0.15, -0.1) is 0 Å². The fourth-order valence-corrected chi connectivity index (χ4v) is 4.49. The predicted molar refractivity (Wildman–Crippen MR) is 122 cm³/mol. The van der Waals surface area contributed by atoms with Crippen molar-refractivity contribution in [3.8, 4) is 11.1 Å². The summed E-state index contributed by atoms with van der Waals surface area (Å²) < 4.78 is 19.4. The number of anilines is 2. The van der Waals surface area contributed by atoms with E-state index in [0.717, 1.165) is 12.2 Å². The van der Waals surface area contributed by atoms with Gasteiger partial charge in [-0.3, -0.25) is 9.36 Å². The minimum Gasteiger partial charge on any atom is -0.368 e. The van der Waals surface area contributed by atoms with Gasteiger partial charge in [-0.25, -0.2) is 9.37 Å². The van der Waals surface area contributed by atoms with Gasteiger partial charge in [0.2, 0.25) is 5.95 Å². The molecule has 1 saturated carbocycles. The van der Waals surface area contributed by atoms with E-state index in [9.17, 15) is 9.18 Å². The summed E-state index contributed by atoms with van der Waals surface area (Å²) >= 11 is 1.52. The first-order chi connectivity index (χ1) is 14.3. The van der Waals surface area contributed by atoms with Gasteiger partial charge in [0.25, 0.3) is 5.56 Å². The molecule has 1 fully saturated rings. The normalized spacial score (nSPS) is 15.0. The second-order valence-electron chi connectivity index (χ2n) is 8.54. The molecule has 3 aromatic rings. The van der Waals surface area contributed by atoms with Crippen molar-refractivity contribution in [2.75, 3.05) is 16.2 Å². The number of pyridine rings is 1. The van der Waals surface area contributed by atoms with Crippen molar-refractivity contribution >= 4 is 34.6 Å². The Morgan fingerprint density at radius 3 is 2.77 bits per heavy atom. The maximum absolute atomic E-state index is 14.7. The zero-order valence-electron chi connectivity index (χ0n) is 17.4. The van der Waals surface area contributed by atoms with Crippen LogP contribution < -0.4 is 16.0 Å². The van der Waals surface area contributed by atoms with Gasteiger partial charge in [0.15, 0.2) is 0 Å². The fraction of sp³-hybridized carbons (Fsp3) is 0.409. The number of hydrogen-bond acceptors (Lipinski definition) is 6.